The van der Waals surface area contributed by atoms with E-state index in [1.54, 1.807) is 12.1 Å². The van der Waals surface area contributed by atoms with Gasteiger partial charge in [0.1, 0.15) is 0 Å². The van der Waals surface area contributed by atoms with E-state index in [2.05, 4.69) is 0 Å². The summed E-state index contributed by atoms with van der Waals surface area (Å²) in [6.07, 6.45) is -0.500. The molecule has 1 unspecified atom stereocenters. The summed E-state index contributed by atoms with van der Waals surface area (Å²) in [5.74, 6) is -2.75. The summed E-state index contributed by atoms with van der Waals surface area (Å²) in [5, 5.41) is 34.2. The number of nitriles is 2. The molecule has 0 bridgehead atoms. The molecule has 0 aromatic heterocycles. The van der Waals surface area contributed by atoms with Gasteiger partial charge in [-0.1, -0.05) is 0 Å². The van der Waals surface area contributed by atoms with Gasteiger partial charge in [-0.2, -0.15) is 10.5 Å². The van der Waals surface area contributed by atoms with E-state index in [0.717, 1.165) is 0 Å². The van der Waals surface area contributed by atoms with Gasteiger partial charge in [0.25, 0.3) is 0 Å². The van der Waals surface area contributed by atoms with Crippen LogP contribution in [0.15, 0.2) is 0 Å². The van der Waals surface area contributed by atoms with Gasteiger partial charge < -0.3 is 25.5 Å². The van der Waals surface area contributed by atoms with E-state index >= 15 is 0 Å². The summed E-state index contributed by atoms with van der Waals surface area (Å²) >= 11 is 0. The SMILES string of the molecule is CC#N.CC#N.NC(CCC(=O)[O-])C(=O)[O-].[Na+].[Na+]. The Labute approximate surface area is 151 Å². The van der Waals surface area contributed by atoms with E-state index in [9.17, 15) is 19.8 Å². The third-order valence-electron chi connectivity index (χ3n) is 0.962. The van der Waals surface area contributed by atoms with E-state index in [1.165, 1.54) is 13.8 Å². The first-order chi connectivity index (χ1) is 7.37. The Hall–Kier alpha value is -0.120. The number of nitrogens with zero attached hydrogens (tertiary/aromatic N) is 2. The van der Waals surface area contributed by atoms with Crippen molar-refractivity contribution in [2.75, 3.05) is 0 Å². The van der Waals surface area contributed by atoms with Crippen molar-refractivity contribution >= 4 is 11.9 Å². The van der Waals surface area contributed by atoms with Gasteiger partial charge in [0.2, 0.25) is 0 Å². The molecule has 0 aliphatic rings. The fourth-order valence-corrected chi connectivity index (χ4v) is 0.391. The number of rotatable bonds is 4. The van der Waals surface area contributed by atoms with Crippen molar-refractivity contribution in [2.24, 2.45) is 5.73 Å². The summed E-state index contributed by atoms with van der Waals surface area (Å²) in [7, 11) is 0. The van der Waals surface area contributed by atoms with Gasteiger partial charge in [-0.05, 0) is 12.8 Å². The van der Waals surface area contributed by atoms with Crippen LogP contribution < -0.4 is 75.1 Å². The maximum atomic E-state index is 9.86. The van der Waals surface area contributed by atoms with Gasteiger partial charge in [-0.25, -0.2) is 0 Å². The van der Waals surface area contributed by atoms with E-state index in [4.69, 9.17) is 16.3 Å². The molecule has 0 saturated heterocycles. The van der Waals surface area contributed by atoms with Crippen molar-refractivity contribution in [3.05, 3.63) is 0 Å². The number of nitrogens with two attached hydrogens (primary N) is 1. The standard InChI is InChI=1S/C5H9NO4.2C2H3N.2Na/c6-3(5(9)10)1-2-4(7)8;2*1-2-3;;/h3H,1-2,6H2,(H,7,8)(H,9,10);2*1H3;;/q;;;2*+1/p-2. The average molecular weight is 273 g/mol. The smallest absolute Gasteiger partial charge is 0.550 e. The molecule has 0 radical (unpaired) electrons. The molecular formula is C9H13N3Na2O4. The second-order valence-electron chi connectivity index (χ2n) is 2.28. The minimum atomic E-state index is -1.44. The summed E-state index contributed by atoms with van der Waals surface area (Å²) in [5.41, 5.74) is 4.91. The van der Waals surface area contributed by atoms with Crippen LogP contribution in [0.3, 0.4) is 0 Å². The first kappa shape index (κ1) is 30.7. The summed E-state index contributed by atoms with van der Waals surface area (Å²) in [4.78, 5) is 19.6. The number of carboxylic acids is 2. The van der Waals surface area contributed by atoms with Crippen molar-refractivity contribution in [3.63, 3.8) is 0 Å². The maximum Gasteiger partial charge on any atom is 1.00 e. The van der Waals surface area contributed by atoms with Crippen LogP contribution in [0.5, 0.6) is 0 Å². The normalized spacial score (nSPS) is 7.83. The zero-order valence-electron chi connectivity index (χ0n) is 11.1. The predicted molar refractivity (Wildman–Crippen MR) is 49.8 cm³/mol. The van der Waals surface area contributed by atoms with E-state index in [0.29, 0.717) is 0 Å². The summed E-state index contributed by atoms with van der Waals surface area (Å²) < 4.78 is 0. The van der Waals surface area contributed by atoms with Gasteiger partial charge in [0.05, 0.1) is 18.1 Å². The molecule has 9 heteroatoms. The molecule has 90 valence electrons. The maximum absolute atomic E-state index is 9.86. The molecule has 0 spiro atoms. The van der Waals surface area contributed by atoms with Crippen LogP contribution in [0.2, 0.25) is 0 Å². The minimum Gasteiger partial charge on any atom is -0.550 e. The fourth-order valence-electron chi connectivity index (χ4n) is 0.391. The second-order valence-corrected chi connectivity index (χ2v) is 2.28. The van der Waals surface area contributed by atoms with E-state index in [-0.39, 0.29) is 72.0 Å². The Morgan fingerprint density at radius 3 is 1.61 bits per heavy atom. The van der Waals surface area contributed by atoms with Gasteiger partial charge in [0, 0.05) is 25.9 Å². The Morgan fingerprint density at radius 1 is 1.17 bits per heavy atom. The molecule has 0 saturated carbocycles. The molecule has 2 N–H and O–H groups in total. The fraction of sp³-hybridized carbons (Fsp3) is 0.556. The van der Waals surface area contributed by atoms with Crippen LogP contribution >= 0.6 is 0 Å². The number of aliphatic carboxylic acids is 2. The van der Waals surface area contributed by atoms with Crippen molar-refractivity contribution in [1.82, 2.24) is 0 Å². The van der Waals surface area contributed by atoms with E-state index < -0.39 is 18.0 Å². The Bertz CT molecular complexity index is 275. The first-order valence-corrected chi connectivity index (χ1v) is 4.15. The Kier molecular flexibility index (Phi) is 43.8. The number of hydrogen-bond donors (Lipinski definition) is 1. The summed E-state index contributed by atoms with van der Waals surface area (Å²) in [6, 6.07) is 2.29. The molecular weight excluding hydrogens is 260 g/mol. The van der Waals surface area contributed by atoms with Gasteiger partial charge in [-0.15, -0.1) is 0 Å². The Balaban J connectivity index is -0.0000000603. The topological polar surface area (TPSA) is 154 Å². The quantitative estimate of drug-likeness (QED) is 0.499. The minimum absolute atomic E-state index is 0. The molecule has 7 nitrogen and oxygen atoms in total. The number of hydrogen-bond acceptors (Lipinski definition) is 7. The number of carbonyl (C=O) groups excluding carboxylic acids is 2. The third kappa shape index (κ3) is 44.6. The van der Waals surface area contributed by atoms with Crippen LogP contribution in [-0.4, -0.2) is 18.0 Å². The molecule has 0 fully saturated rings. The van der Waals surface area contributed by atoms with Gasteiger partial charge in [0.15, 0.2) is 0 Å². The molecule has 0 amide bonds. The van der Waals surface area contributed by atoms with Crippen LogP contribution in [0, 0.1) is 22.7 Å². The van der Waals surface area contributed by atoms with Gasteiger partial charge >= 0.3 is 59.1 Å². The molecule has 0 aromatic rings. The molecule has 1 atom stereocenters. The number of carbonyl (C=O) groups is 2. The first-order valence-electron chi connectivity index (χ1n) is 4.15. The van der Waals surface area contributed by atoms with Crippen LogP contribution in [-0.2, 0) is 9.59 Å². The van der Waals surface area contributed by atoms with Gasteiger partial charge in [-0.3, -0.25) is 0 Å². The third-order valence-corrected chi connectivity index (χ3v) is 0.962. The molecule has 0 rings (SSSR count). The predicted octanol–water partition coefficient (Wildman–Crippen LogP) is -8.34. The van der Waals surface area contributed by atoms with Crippen molar-refractivity contribution in [1.29, 1.82) is 10.5 Å². The molecule has 0 aliphatic heterocycles. The number of carboxylic acid groups (broad SMARTS) is 2. The largest absolute Gasteiger partial charge is 1.00 e. The van der Waals surface area contributed by atoms with Crippen molar-refractivity contribution in [3.8, 4) is 12.1 Å². The van der Waals surface area contributed by atoms with Crippen LogP contribution in [0.4, 0.5) is 0 Å². The molecule has 0 heterocycles. The van der Waals surface area contributed by atoms with Crippen LogP contribution in [0.1, 0.15) is 26.7 Å². The van der Waals surface area contributed by atoms with Crippen molar-refractivity contribution in [2.45, 2.75) is 32.7 Å². The van der Waals surface area contributed by atoms with E-state index in [1.807, 2.05) is 0 Å². The monoisotopic (exact) mass is 273 g/mol. The second kappa shape index (κ2) is 25.7. The molecule has 18 heavy (non-hydrogen) atoms. The zero-order valence-corrected chi connectivity index (χ0v) is 15.1. The molecule has 0 aliphatic carbocycles. The average Bonchev–Trinajstić information content (AvgIpc) is 2.16. The van der Waals surface area contributed by atoms with Crippen molar-refractivity contribution < 1.29 is 78.9 Å². The molecule has 0 aromatic carbocycles. The summed E-state index contributed by atoms with van der Waals surface area (Å²) in [6.45, 7) is 2.86. The zero-order chi connectivity index (χ0) is 13.6. The van der Waals surface area contributed by atoms with Crippen LogP contribution in [0.25, 0.3) is 0 Å². The Morgan fingerprint density at radius 2 is 1.44 bits per heavy atom.